The molecule has 0 radical (unpaired) electrons. The molecule has 0 aromatic heterocycles. The van der Waals surface area contributed by atoms with Crippen molar-refractivity contribution in [1.82, 2.24) is 10.2 Å². The number of rotatable bonds is 1. The Bertz CT molecular complexity index is 298. The highest BCUT2D eigenvalue weighted by Gasteiger charge is 2.59. The van der Waals surface area contributed by atoms with Gasteiger partial charge in [0.05, 0.1) is 11.7 Å². The average Bonchev–Trinajstić information content (AvgIpc) is 2.76. The van der Waals surface area contributed by atoms with E-state index in [-0.39, 0.29) is 11.7 Å². The first-order valence-corrected chi connectivity index (χ1v) is 6.23. The van der Waals surface area contributed by atoms with Gasteiger partial charge in [-0.25, -0.2) is 0 Å². The third-order valence-corrected chi connectivity index (χ3v) is 4.36. The molecule has 0 bridgehead atoms. The fraction of sp³-hybridized carbons (Fsp3) is 0.917. The SMILES string of the molecule is CC1CCC(N2C(=O)C3(CC3)NC2C)C1. The quantitative estimate of drug-likeness (QED) is 0.708. The number of carbonyl (C=O) groups excluding carboxylic acids is 1. The van der Waals surface area contributed by atoms with Gasteiger partial charge in [-0.05, 0) is 44.9 Å². The van der Waals surface area contributed by atoms with Crippen molar-refractivity contribution in [3.05, 3.63) is 0 Å². The van der Waals surface area contributed by atoms with Gasteiger partial charge >= 0.3 is 0 Å². The smallest absolute Gasteiger partial charge is 0.244 e. The molecule has 3 atom stereocenters. The first kappa shape index (κ1) is 9.64. The van der Waals surface area contributed by atoms with Crippen molar-refractivity contribution >= 4 is 5.91 Å². The Balaban J connectivity index is 1.78. The minimum Gasteiger partial charge on any atom is -0.323 e. The highest BCUT2D eigenvalue weighted by atomic mass is 16.2. The molecule has 3 nitrogen and oxygen atoms in total. The predicted octanol–water partition coefficient (Wildman–Crippen LogP) is 1.49. The standard InChI is InChI=1S/C12H20N2O/c1-8-3-4-10(7-8)14-9(2)13-12(5-6-12)11(14)15/h8-10,13H,3-7H2,1-2H3. The molecule has 0 aromatic rings. The normalized spacial score (nSPS) is 42.9. The molecule has 0 aromatic carbocycles. The molecule has 3 heteroatoms. The number of nitrogens with one attached hydrogen (secondary N) is 1. The summed E-state index contributed by atoms with van der Waals surface area (Å²) in [6, 6.07) is 0.509. The highest BCUT2D eigenvalue weighted by Crippen LogP contribution is 2.44. The van der Waals surface area contributed by atoms with E-state index >= 15 is 0 Å². The summed E-state index contributed by atoms with van der Waals surface area (Å²) in [5.74, 6) is 1.18. The van der Waals surface area contributed by atoms with Crippen LogP contribution in [0, 0.1) is 5.92 Å². The van der Waals surface area contributed by atoms with Crippen LogP contribution < -0.4 is 5.32 Å². The van der Waals surface area contributed by atoms with E-state index in [2.05, 4.69) is 24.1 Å². The molecular weight excluding hydrogens is 188 g/mol. The molecule has 1 spiro atoms. The number of nitrogens with zero attached hydrogens (tertiary/aromatic N) is 1. The van der Waals surface area contributed by atoms with Gasteiger partial charge in [0.2, 0.25) is 5.91 Å². The molecular formula is C12H20N2O. The topological polar surface area (TPSA) is 32.3 Å². The van der Waals surface area contributed by atoms with Gasteiger partial charge in [-0.1, -0.05) is 6.92 Å². The third kappa shape index (κ3) is 1.32. The molecule has 1 heterocycles. The zero-order valence-electron chi connectivity index (χ0n) is 9.62. The van der Waals surface area contributed by atoms with Gasteiger partial charge in [0.1, 0.15) is 0 Å². The number of amides is 1. The Morgan fingerprint density at radius 3 is 2.53 bits per heavy atom. The summed E-state index contributed by atoms with van der Waals surface area (Å²) in [6.07, 6.45) is 6.05. The van der Waals surface area contributed by atoms with Crippen molar-refractivity contribution in [1.29, 1.82) is 0 Å². The molecule has 1 amide bonds. The molecule has 3 unspecified atom stereocenters. The summed E-state index contributed by atoms with van der Waals surface area (Å²) < 4.78 is 0. The molecule has 1 aliphatic heterocycles. The largest absolute Gasteiger partial charge is 0.323 e. The van der Waals surface area contributed by atoms with Gasteiger partial charge in [0.25, 0.3) is 0 Å². The number of hydrogen-bond donors (Lipinski definition) is 1. The van der Waals surface area contributed by atoms with Gasteiger partial charge < -0.3 is 4.90 Å². The van der Waals surface area contributed by atoms with Crippen LogP contribution in [-0.4, -0.2) is 28.6 Å². The van der Waals surface area contributed by atoms with Crippen molar-refractivity contribution in [2.45, 2.75) is 63.7 Å². The minimum absolute atomic E-state index is 0.120. The van der Waals surface area contributed by atoms with Crippen LogP contribution in [0.4, 0.5) is 0 Å². The predicted molar refractivity (Wildman–Crippen MR) is 58.2 cm³/mol. The Kier molecular flexibility index (Phi) is 1.91. The van der Waals surface area contributed by atoms with E-state index in [0.717, 1.165) is 18.8 Å². The molecule has 15 heavy (non-hydrogen) atoms. The van der Waals surface area contributed by atoms with Crippen LogP contribution in [0.1, 0.15) is 46.0 Å². The van der Waals surface area contributed by atoms with E-state index in [4.69, 9.17) is 0 Å². The molecule has 2 aliphatic carbocycles. The summed E-state index contributed by atoms with van der Waals surface area (Å²) in [6.45, 7) is 4.43. The van der Waals surface area contributed by atoms with Crippen LogP contribution in [0.2, 0.25) is 0 Å². The Labute approximate surface area is 91.2 Å². The van der Waals surface area contributed by atoms with E-state index in [1.807, 2.05) is 0 Å². The summed E-state index contributed by atoms with van der Waals surface area (Å²) in [5, 5.41) is 3.47. The van der Waals surface area contributed by atoms with Crippen molar-refractivity contribution < 1.29 is 4.79 Å². The zero-order chi connectivity index (χ0) is 10.6. The van der Waals surface area contributed by atoms with Crippen LogP contribution in [0.3, 0.4) is 0 Å². The molecule has 3 aliphatic rings. The van der Waals surface area contributed by atoms with Crippen LogP contribution in [-0.2, 0) is 4.79 Å². The van der Waals surface area contributed by atoms with E-state index in [1.165, 1.54) is 19.3 Å². The van der Waals surface area contributed by atoms with Crippen LogP contribution in [0.15, 0.2) is 0 Å². The lowest BCUT2D eigenvalue weighted by molar-refractivity contribution is -0.132. The molecule has 2 saturated carbocycles. The van der Waals surface area contributed by atoms with Crippen LogP contribution in [0.25, 0.3) is 0 Å². The number of hydrogen-bond acceptors (Lipinski definition) is 2. The lowest BCUT2D eigenvalue weighted by Gasteiger charge is -2.28. The lowest BCUT2D eigenvalue weighted by Crippen LogP contribution is -2.41. The maximum atomic E-state index is 12.3. The van der Waals surface area contributed by atoms with Gasteiger partial charge in [0.15, 0.2) is 0 Å². The van der Waals surface area contributed by atoms with E-state index in [1.54, 1.807) is 0 Å². The lowest BCUT2D eigenvalue weighted by atomic mass is 10.1. The van der Waals surface area contributed by atoms with Gasteiger partial charge in [0, 0.05) is 6.04 Å². The molecule has 1 saturated heterocycles. The summed E-state index contributed by atoms with van der Waals surface area (Å²) in [4.78, 5) is 14.4. The first-order chi connectivity index (χ1) is 7.12. The highest BCUT2D eigenvalue weighted by molar-refractivity contribution is 5.92. The number of carbonyl (C=O) groups is 1. The van der Waals surface area contributed by atoms with Crippen LogP contribution >= 0.6 is 0 Å². The van der Waals surface area contributed by atoms with Gasteiger partial charge in [-0.3, -0.25) is 10.1 Å². The Morgan fingerprint density at radius 2 is 2.07 bits per heavy atom. The fourth-order valence-electron chi connectivity index (χ4n) is 3.35. The van der Waals surface area contributed by atoms with Crippen LogP contribution in [0.5, 0.6) is 0 Å². The van der Waals surface area contributed by atoms with Crippen molar-refractivity contribution in [3.63, 3.8) is 0 Å². The second kappa shape index (κ2) is 2.97. The van der Waals surface area contributed by atoms with Gasteiger partial charge in [-0.2, -0.15) is 0 Å². The van der Waals surface area contributed by atoms with E-state index < -0.39 is 0 Å². The van der Waals surface area contributed by atoms with E-state index in [9.17, 15) is 4.79 Å². The Hall–Kier alpha value is -0.570. The first-order valence-electron chi connectivity index (χ1n) is 6.23. The maximum absolute atomic E-state index is 12.3. The van der Waals surface area contributed by atoms with Crippen molar-refractivity contribution in [3.8, 4) is 0 Å². The molecule has 1 N–H and O–H groups in total. The average molecular weight is 208 g/mol. The second-order valence-electron chi connectivity index (χ2n) is 5.69. The third-order valence-electron chi connectivity index (χ3n) is 4.36. The molecule has 84 valence electrons. The van der Waals surface area contributed by atoms with Gasteiger partial charge in [-0.15, -0.1) is 0 Å². The molecule has 3 rings (SSSR count). The fourth-order valence-corrected chi connectivity index (χ4v) is 3.35. The maximum Gasteiger partial charge on any atom is 0.244 e. The van der Waals surface area contributed by atoms with Crippen molar-refractivity contribution in [2.75, 3.05) is 0 Å². The summed E-state index contributed by atoms with van der Waals surface area (Å²) >= 11 is 0. The molecule has 3 fully saturated rings. The minimum atomic E-state index is -0.120. The summed E-state index contributed by atoms with van der Waals surface area (Å²) in [7, 11) is 0. The van der Waals surface area contributed by atoms with E-state index in [0.29, 0.717) is 11.9 Å². The van der Waals surface area contributed by atoms with Crippen molar-refractivity contribution in [2.24, 2.45) is 5.92 Å². The summed E-state index contributed by atoms with van der Waals surface area (Å²) in [5.41, 5.74) is -0.120. The Morgan fingerprint density at radius 1 is 1.33 bits per heavy atom. The monoisotopic (exact) mass is 208 g/mol. The second-order valence-corrected chi connectivity index (χ2v) is 5.69. The zero-order valence-corrected chi connectivity index (χ0v) is 9.62.